The average Bonchev–Trinajstić information content (AvgIpc) is 2.25. The lowest BCUT2D eigenvalue weighted by Gasteiger charge is -1.94. The summed E-state index contributed by atoms with van der Waals surface area (Å²) in [5, 5.41) is 2.66. The molecule has 72 valence electrons. The van der Waals surface area contributed by atoms with Gasteiger partial charge in [-0.05, 0) is 24.5 Å². The Morgan fingerprint density at radius 3 is 3.07 bits per heavy atom. The van der Waals surface area contributed by atoms with Crippen LogP contribution in [0.4, 0.5) is 0 Å². The topological polar surface area (TPSA) is 42.0 Å². The summed E-state index contributed by atoms with van der Waals surface area (Å²) in [5.74, 6) is 4.90. The third-order valence-electron chi connectivity index (χ3n) is 1.50. The molecule has 0 aliphatic carbocycles. The molecule has 0 unspecified atom stereocenters. The monoisotopic (exact) mass is 188 g/mol. The van der Waals surface area contributed by atoms with Crippen LogP contribution in [0.3, 0.4) is 0 Å². The summed E-state index contributed by atoms with van der Waals surface area (Å²) in [7, 11) is 0. The van der Waals surface area contributed by atoms with Gasteiger partial charge in [0.15, 0.2) is 0 Å². The molecule has 3 heteroatoms. The van der Waals surface area contributed by atoms with Crippen LogP contribution in [0.5, 0.6) is 0 Å². The summed E-state index contributed by atoms with van der Waals surface area (Å²) < 4.78 is 0. The Morgan fingerprint density at radius 1 is 1.57 bits per heavy atom. The highest BCUT2D eigenvalue weighted by molar-refractivity contribution is 5.93. The number of nitrogens with zero attached hydrogens (tertiary/aromatic N) is 1. The largest absolute Gasteiger partial charge is 0.345 e. The molecule has 1 aromatic rings. The van der Waals surface area contributed by atoms with Crippen LogP contribution in [0, 0.1) is 11.8 Å². The standard InChI is InChI=1S/C11H12N2O/c1-2-8-13-11(14)7-6-10-5-3-4-9-12-10/h3-5,9H,2,8H2,1H3,(H,13,14). The molecule has 0 aliphatic heterocycles. The number of nitrogens with one attached hydrogen (secondary N) is 1. The van der Waals surface area contributed by atoms with E-state index in [2.05, 4.69) is 22.1 Å². The van der Waals surface area contributed by atoms with Crippen LogP contribution in [0.2, 0.25) is 0 Å². The van der Waals surface area contributed by atoms with Crippen molar-refractivity contribution in [3.8, 4) is 11.8 Å². The lowest BCUT2D eigenvalue weighted by Crippen LogP contribution is -2.21. The van der Waals surface area contributed by atoms with Crippen LogP contribution >= 0.6 is 0 Å². The first kappa shape index (κ1) is 10.3. The van der Waals surface area contributed by atoms with E-state index in [1.165, 1.54) is 0 Å². The molecule has 0 fully saturated rings. The first-order valence-electron chi connectivity index (χ1n) is 4.54. The molecule has 3 nitrogen and oxygen atoms in total. The molecule has 0 saturated heterocycles. The number of hydrogen-bond donors (Lipinski definition) is 1. The van der Waals surface area contributed by atoms with Crippen molar-refractivity contribution in [2.24, 2.45) is 0 Å². The quantitative estimate of drug-likeness (QED) is 0.702. The molecule has 1 rings (SSSR count). The maximum absolute atomic E-state index is 11.1. The lowest BCUT2D eigenvalue weighted by molar-refractivity contribution is -0.115. The van der Waals surface area contributed by atoms with E-state index in [4.69, 9.17) is 0 Å². The molecule has 1 aromatic heterocycles. The summed E-state index contributed by atoms with van der Waals surface area (Å²) in [5.41, 5.74) is 0.610. The average molecular weight is 188 g/mol. The van der Waals surface area contributed by atoms with Crippen LogP contribution in [-0.2, 0) is 4.79 Å². The predicted octanol–water partition coefficient (Wildman–Crippen LogP) is 0.959. The van der Waals surface area contributed by atoms with Gasteiger partial charge < -0.3 is 5.32 Å². The van der Waals surface area contributed by atoms with Gasteiger partial charge in [-0.25, -0.2) is 4.98 Å². The highest BCUT2D eigenvalue weighted by Gasteiger charge is 1.91. The molecule has 0 bridgehead atoms. The Bertz CT molecular complexity index is 349. The van der Waals surface area contributed by atoms with E-state index in [0.29, 0.717) is 12.2 Å². The minimum Gasteiger partial charge on any atom is -0.345 e. The second kappa shape index (κ2) is 5.76. The zero-order valence-electron chi connectivity index (χ0n) is 8.08. The van der Waals surface area contributed by atoms with E-state index < -0.39 is 0 Å². The van der Waals surface area contributed by atoms with Crippen LogP contribution < -0.4 is 5.32 Å². The van der Waals surface area contributed by atoms with Gasteiger partial charge >= 0.3 is 0 Å². The van der Waals surface area contributed by atoms with Gasteiger partial charge in [-0.2, -0.15) is 0 Å². The maximum atomic E-state index is 11.1. The second-order valence-electron chi connectivity index (χ2n) is 2.72. The normalized spacial score (nSPS) is 8.64. The Labute approximate surface area is 83.6 Å². The summed E-state index contributed by atoms with van der Waals surface area (Å²) >= 11 is 0. The number of carbonyl (C=O) groups excluding carboxylic acids is 1. The maximum Gasteiger partial charge on any atom is 0.296 e. The van der Waals surface area contributed by atoms with Crippen molar-refractivity contribution in [3.63, 3.8) is 0 Å². The van der Waals surface area contributed by atoms with E-state index >= 15 is 0 Å². The first-order valence-corrected chi connectivity index (χ1v) is 4.54. The van der Waals surface area contributed by atoms with Crippen molar-refractivity contribution in [2.75, 3.05) is 6.54 Å². The minimum absolute atomic E-state index is 0.252. The Balaban J connectivity index is 2.51. The zero-order valence-corrected chi connectivity index (χ0v) is 8.08. The molecule has 0 radical (unpaired) electrons. The smallest absolute Gasteiger partial charge is 0.296 e. The number of pyridine rings is 1. The van der Waals surface area contributed by atoms with Gasteiger partial charge in [-0.1, -0.05) is 13.0 Å². The fourth-order valence-electron chi connectivity index (χ4n) is 0.840. The number of aromatic nitrogens is 1. The third kappa shape index (κ3) is 3.72. The van der Waals surface area contributed by atoms with Gasteiger partial charge in [0.1, 0.15) is 5.69 Å². The van der Waals surface area contributed by atoms with Gasteiger partial charge in [-0.15, -0.1) is 0 Å². The molecule has 1 N–H and O–H groups in total. The van der Waals surface area contributed by atoms with Crippen LogP contribution in [0.15, 0.2) is 24.4 Å². The highest BCUT2D eigenvalue weighted by Crippen LogP contribution is 1.88. The van der Waals surface area contributed by atoms with Crippen molar-refractivity contribution in [1.82, 2.24) is 10.3 Å². The van der Waals surface area contributed by atoms with Gasteiger partial charge in [0.2, 0.25) is 0 Å². The second-order valence-corrected chi connectivity index (χ2v) is 2.72. The number of rotatable bonds is 2. The molecule has 0 atom stereocenters. The minimum atomic E-state index is -0.252. The first-order chi connectivity index (χ1) is 6.83. The summed E-state index contributed by atoms with van der Waals surface area (Å²) in [6.45, 7) is 2.65. The fraction of sp³-hybridized carbons (Fsp3) is 0.273. The van der Waals surface area contributed by atoms with Gasteiger partial charge in [0.25, 0.3) is 5.91 Å². The number of hydrogen-bond acceptors (Lipinski definition) is 2. The van der Waals surface area contributed by atoms with Crippen molar-refractivity contribution < 1.29 is 4.79 Å². The molecular formula is C11H12N2O. The van der Waals surface area contributed by atoms with Crippen molar-refractivity contribution >= 4 is 5.91 Å². The van der Waals surface area contributed by atoms with Crippen LogP contribution in [0.25, 0.3) is 0 Å². The summed E-state index contributed by atoms with van der Waals surface area (Å²) in [4.78, 5) is 15.0. The molecule has 0 aromatic carbocycles. The van der Waals surface area contributed by atoms with E-state index in [0.717, 1.165) is 6.42 Å². The Kier molecular flexibility index (Phi) is 4.22. The third-order valence-corrected chi connectivity index (χ3v) is 1.50. The number of amides is 1. The zero-order chi connectivity index (χ0) is 10.2. The Hall–Kier alpha value is -1.82. The molecular weight excluding hydrogens is 176 g/mol. The predicted molar refractivity (Wildman–Crippen MR) is 54.4 cm³/mol. The summed E-state index contributed by atoms with van der Waals surface area (Å²) in [6.07, 6.45) is 2.56. The van der Waals surface area contributed by atoms with E-state index in [9.17, 15) is 4.79 Å². The molecule has 0 saturated carbocycles. The van der Waals surface area contributed by atoms with Crippen molar-refractivity contribution in [1.29, 1.82) is 0 Å². The molecule has 1 heterocycles. The van der Waals surface area contributed by atoms with Gasteiger partial charge in [-0.3, -0.25) is 4.79 Å². The van der Waals surface area contributed by atoms with Crippen molar-refractivity contribution in [3.05, 3.63) is 30.1 Å². The van der Waals surface area contributed by atoms with Crippen molar-refractivity contribution in [2.45, 2.75) is 13.3 Å². The SMILES string of the molecule is CCCNC(=O)C#Cc1ccccn1. The molecule has 0 aliphatic rings. The van der Waals surface area contributed by atoms with E-state index in [-0.39, 0.29) is 5.91 Å². The Morgan fingerprint density at radius 2 is 2.43 bits per heavy atom. The van der Waals surface area contributed by atoms with Crippen LogP contribution in [0.1, 0.15) is 19.0 Å². The summed E-state index contributed by atoms with van der Waals surface area (Å²) in [6, 6.07) is 5.41. The van der Waals surface area contributed by atoms with E-state index in [1.54, 1.807) is 12.3 Å². The van der Waals surface area contributed by atoms with Gasteiger partial charge in [0, 0.05) is 18.7 Å². The number of carbonyl (C=O) groups is 1. The van der Waals surface area contributed by atoms with Crippen LogP contribution in [-0.4, -0.2) is 17.4 Å². The molecule has 1 amide bonds. The molecule has 0 spiro atoms. The lowest BCUT2D eigenvalue weighted by atomic mass is 10.3. The highest BCUT2D eigenvalue weighted by atomic mass is 16.1. The van der Waals surface area contributed by atoms with E-state index in [1.807, 2.05) is 19.1 Å². The fourth-order valence-corrected chi connectivity index (χ4v) is 0.840. The van der Waals surface area contributed by atoms with Gasteiger partial charge in [0.05, 0.1) is 0 Å². The molecule has 14 heavy (non-hydrogen) atoms.